The van der Waals surface area contributed by atoms with Crippen molar-refractivity contribution in [1.29, 1.82) is 0 Å². The minimum absolute atomic E-state index is 0. The van der Waals surface area contributed by atoms with Crippen LogP contribution in [0.3, 0.4) is 0 Å². The third kappa shape index (κ3) is 17.0. The van der Waals surface area contributed by atoms with E-state index in [0.717, 1.165) is 24.3 Å². The Bertz CT molecular complexity index is 1640. The number of benzene rings is 2. The molecule has 0 aromatic heterocycles. The van der Waals surface area contributed by atoms with Crippen molar-refractivity contribution >= 4 is 93.0 Å². The topological polar surface area (TPSA) is 220 Å². The van der Waals surface area contributed by atoms with Crippen molar-refractivity contribution in [1.82, 2.24) is 0 Å². The van der Waals surface area contributed by atoms with E-state index in [2.05, 4.69) is 0 Å². The zero-order valence-corrected chi connectivity index (χ0v) is 35.8. The largest absolute Gasteiger partial charge is 2.00 e. The minimum Gasteiger partial charge on any atom is -0.744 e. The number of hydrogen-bond donors (Lipinski definition) is 0. The number of ether oxygens (including phenoxy) is 4. The molecule has 0 fully saturated rings. The van der Waals surface area contributed by atoms with Gasteiger partial charge in [-0.1, -0.05) is 0 Å². The molecule has 17 heteroatoms. The Hall–Kier alpha value is -2.29. The standard InChI is InChI=1S/2C16H22O7S.Ba/c2*1-15(2,3)22-13(17)10-7-8-11(12(9-10)24(19,20)21)14(18)23-16(4,5)6;/h2*7-9H,1-6H3,(H,19,20,21);/q;;+2/p-2. The number of carbonyl (C=O) groups is 4. The molecule has 0 N–H and O–H groups in total. The van der Waals surface area contributed by atoms with Gasteiger partial charge >= 0.3 is 72.8 Å². The first-order valence-electron chi connectivity index (χ1n) is 14.3. The van der Waals surface area contributed by atoms with Crippen LogP contribution < -0.4 is 0 Å². The van der Waals surface area contributed by atoms with Gasteiger partial charge in [-0.05, 0) is 119 Å². The van der Waals surface area contributed by atoms with E-state index >= 15 is 0 Å². The van der Waals surface area contributed by atoms with Gasteiger partial charge in [0, 0.05) is 0 Å². The van der Waals surface area contributed by atoms with E-state index in [1.807, 2.05) is 0 Å². The molecule has 0 amide bonds. The fourth-order valence-electron chi connectivity index (χ4n) is 3.39. The summed E-state index contributed by atoms with van der Waals surface area (Å²) in [6.45, 7) is 19.5. The molecule has 0 radical (unpaired) electrons. The van der Waals surface area contributed by atoms with Gasteiger partial charge in [-0.25, -0.2) is 36.0 Å². The minimum atomic E-state index is -4.99. The molecule has 0 aliphatic carbocycles. The summed E-state index contributed by atoms with van der Waals surface area (Å²) in [6, 6.07) is 6.21. The predicted octanol–water partition coefficient (Wildman–Crippen LogP) is 4.62. The molecular formula is C32H42BaO14S2. The maximum absolute atomic E-state index is 12.1. The third-order valence-electron chi connectivity index (χ3n) is 5.01. The van der Waals surface area contributed by atoms with Crippen LogP contribution in [0.15, 0.2) is 46.2 Å². The Kier molecular flexibility index (Phi) is 16.0. The molecule has 0 aliphatic rings. The second-order valence-electron chi connectivity index (χ2n) is 14.3. The van der Waals surface area contributed by atoms with Gasteiger partial charge in [0.25, 0.3) is 0 Å². The van der Waals surface area contributed by atoms with Gasteiger partial charge < -0.3 is 28.1 Å². The molecule has 49 heavy (non-hydrogen) atoms. The molecule has 2 rings (SSSR count). The second kappa shape index (κ2) is 16.8. The molecule has 0 saturated carbocycles. The van der Waals surface area contributed by atoms with E-state index in [-0.39, 0.29) is 60.0 Å². The zero-order chi connectivity index (χ0) is 37.8. The molecule has 0 aliphatic heterocycles. The van der Waals surface area contributed by atoms with Gasteiger partial charge in [-0.15, -0.1) is 0 Å². The summed E-state index contributed by atoms with van der Waals surface area (Å²) in [5, 5.41) is 0. The van der Waals surface area contributed by atoms with Gasteiger partial charge in [0.1, 0.15) is 42.6 Å². The first kappa shape index (κ1) is 46.7. The van der Waals surface area contributed by atoms with Crippen molar-refractivity contribution in [2.75, 3.05) is 0 Å². The average molecular weight is 852 g/mol. The fourth-order valence-corrected chi connectivity index (χ4v) is 4.77. The van der Waals surface area contributed by atoms with Crippen molar-refractivity contribution in [2.45, 2.75) is 115 Å². The smallest absolute Gasteiger partial charge is 0.744 e. The summed E-state index contributed by atoms with van der Waals surface area (Å²) in [7, 11) is -9.98. The van der Waals surface area contributed by atoms with Crippen LogP contribution in [0.2, 0.25) is 0 Å². The van der Waals surface area contributed by atoms with Gasteiger partial charge in [0.2, 0.25) is 0 Å². The van der Waals surface area contributed by atoms with E-state index in [1.165, 1.54) is 12.1 Å². The van der Waals surface area contributed by atoms with Gasteiger partial charge in [-0.3, -0.25) is 0 Å². The Morgan fingerprint density at radius 1 is 0.469 bits per heavy atom. The summed E-state index contributed by atoms with van der Waals surface area (Å²) in [6.07, 6.45) is 0. The number of rotatable bonds is 6. The van der Waals surface area contributed by atoms with Crippen LogP contribution in [-0.4, -0.2) is 121 Å². The van der Waals surface area contributed by atoms with E-state index in [9.17, 15) is 45.1 Å². The molecule has 0 bridgehead atoms. The zero-order valence-electron chi connectivity index (χ0n) is 29.7. The van der Waals surface area contributed by atoms with Crippen molar-refractivity contribution in [3.05, 3.63) is 58.7 Å². The molecule has 0 unspecified atom stereocenters. The van der Waals surface area contributed by atoms with Crippen LogP contribution in [0.4, 0.5) is 0 Å². The first-order chi connectivity index (χ1) is 21.2. The van der Waals surface area contributed by atoms with Crippen LogP contribution in [0.25, 0.3) is 0 Å². The van der Waals surface area contributed by atoms with Crippen LogP contribution in [0.1, 0.15) is 125 Å². The molecule has 268 valence electrons. The van der Waals surface area contributed by atoms with E-state index < -0.39 is 87.4 Å². The van der Waals surface area contributed by atoms with Crippen LogP contribution >= 0.6 is 0 Å². The maximum atomic E-state index is 12.1. The summed E-state index contributed by atoms with van der Waals surface area (Å²) >= 11 is 0. The van der Waals surface area contributed by atoms with Crippen molar-refractivity contribution in [3.63, 3.8) is 0 Å². The van der Waals surface area contributed by atoms with Gasteiger partial charge in [-0.2, -0.15) is 0 Å². The van der Waals surface area contributed by atoms with Gasteiger partial charge in [0.05, 0.1) is 32.0 Å². The fraction of sp³-hybridized carbons (Fsp3) is 0.500. The summed E-state index contributed by atoms with van der Waals surface area (Å²) in [4.78, 5) is 46.6. The third-order valence-corrected chi connectivity index (χ3v) is 6.76. The van der Waals surface area contributed by atoms with Crippen LogP contribution in [-0.2, 0) is 39.2 Å². The number of hydrogen-bond acceptors (Lipinski definition) is 14. The number of carbonyl (C=O) groups excluding carboxylic acids is 4. The quantitative estimate of drug-likeness (QED) is 0.168. The monoisotopic (exact) mass is 852 g/mol. The first-order valence-corrected chi connectivity index (χ1v) is 17.2. The average Bonchev–Trinajstić information content (AvgIpc) is 2.83. The SMILES string of the molecule is CC(C)(C)OC(=O)c1ccc(C(=O)OC(C)(C)C)c(S(=O)(=O)[O-])c1.CC(C)(C)OC(=O)c1ccc(C(=O)OC(C)(C)C)c(S(=O)(=O)[O-])c1.[Ba+2]. The number of esters is 4. The summed E-state index contributed by atoms with van der Waals surface area (Å²) < 4.78 is 89.2. The molecule has 14 nitrogen and oxygen atoms in total. The molecule has 2 aromatic rings. The second-order valence-corrected chi connectivity index (χ2v) is 17.0. The Labute approximate surface area is 328 Å². The molecule has 0 spiro atoms. The molecule has 2 aromatic carbocycles. The Morgan fingerprint density at radius 3 is 0.898 bits per heavy atom. The summed E-state index contributed by atoms with van der Waals surface area (Å²) in [5.41, 5.74) is -4.47. The van der Waals surface area contributed by atoms with Crippen LogP contribution in [0.5, 0.6) is 0 Å². The molecule has 0 heterocycles. The van der Waals surface area contributed by atoms with Crippen molar-refractivity contribution in [2.24, 2.45) is 0 Å². The van der Waals surface area contributed by atoms with Gasteiger partial charge in [0.15, 0.2) is 0 Å². The van der Waals surface area contributed by atoms with Crippen molar-refractivity contribution in [3.8, 4) is 0 Å². The van der Waals surface area contributed by atoms with E-state index in [4.69, 9.17) is 18.9 Å². The maximum Gasteiger partial charge on any atom is 2.00 e. The molecular weight excluding hydrogens is 810 g/mol. The van der Waals surface area contributed by atoms with Crippen molar-refractivity contribution < 1.29 is 64.1 Å². The molecule has 0 atom stereocenters. The molecule has 0 saturated heterocycles. The Balaban J connectivity index is 0.000000922. The Morgan fingerprint density at radius 2 is 0.694 bits per heavy atom. The normalized spacial score (nSPS) is 12.4. The summed E-state index contributed by atoms with van der Waals surface area (Å²) in [5.74, 6) is -3.54. The predicted molar refractivity (Wildman–Crippen MR) is 175 cm³/mol. The van der Waals surface area contributed by atoms with Crippen LogP contribution in [0, 0.1) is 0 Å². The van der Waals surface area contributed by atoms with E-state index in [1.54, 1.807) is 83.1 Å². The van der Waals surface area contributed by atoms with E-state index in [0.29, 0.717) is 0 Å².